The van der Waals surface area contributed by atoms with E-state index < -0.39 is 6.10 Å². The number of aliphatic hydroxyl groups excluding tert-OH is 1. The molecule has 0 spiro atoms. The van der Waals surface area contributed by atoms with Gasteiger partial charge in [0, 0.05) is 39.2 Å². The highest BCUT2D eigenvalue weighted by Crippen LogP contribution is 2.31. The molecule has 0 bridgehead atoms. The number of carbonyl (C=O) groups excluding carboxylic acids is 2. The fourth-order valence-electron chi connectivity index (χ4n) is 5.21. The third kappa shape index (κ3) is 5.50. The van der Waals surface area contributed by atoms with Gasteiger partial charge in [0.2, 0.25) is 5.91 Å². The van der Waals surface area contributed by atoms with Crippen LogP contribution in [0.5, 0.6) is 11.5 Å². The summed E-state index contributed by atoms with van der Waals surface area (Å²) in [6.07, 6.45) is 0.771. The highest BCUT2D eigenvalue weighted by atomic mass is 16.5. The number of benzene rings is 2. The summed E-state index contributed by atoms with van der Waals surface area (Å²) in [6, 6.07) is 13.8. The molecule has 0 unspecified atom stereocenters. The van der Waals surface area contributed by atoms with Crippen LogP contribution < -0.4 is 9.47 Å². The van der Waals surface area contributed by atoms with Crippen LogP contribution in [0.25, 0.3) is 0 Å². The van der Waals surface area contributed by atoms with Crippen LogP contribution in [0.1, 0.15) is 41.8 Å². The lowest BCUT2D eigenvalue weighted by Crippen LogP contribution is -2.55. The van der Waals surface area contributed by atoms with Gasteiger partial charge in [-0.15, -0.1) is 0 Å². The average molecular weight is 494 g/mol. The van der Waals surface area contributed by atoms with E-state index in [1.54, 1.807) is 34.9 Å². The van der Waals surface area contributed by atoms with Crippen molar-refractivity contribution in [2.45, 2.75) is 51.5 Å². The summed E-state index contributed by atoms with van der Waals surface area (Å²) in [4.78, 5) is 30.5. The van der Waals surface area contributed by atoms with Gasteiger partial charge < -0.3 is 24.4 Å². The molecule has 0 aliphatic carbocycles. The zero-order valence-corrected chi connectivity index (χ0v) is 21.1. The van der Waals surface area contributed by atoms with Crippen molar-refractivity contribution in [3.63, 3.8) is 0 Å². The first-order valence-electron chi connectivity index (χ1n) is 12.8. The Labute approximate surface area is 212 Å². The maximum atomic E-state index is 13.3. The van der Waals surface area contributed by atoms with Crippen molar-refractivity contribution in [3.05, 3.63) is 59.2 Å². The van der Waals surface area contributed by atoms with Crippen molar-refractivity contribution >= 4 is 11.8 Å². The maximum Gasteiger partial charge on any atom is 0.257 e. The van der Waals surface area contributed by atoms with E-state index in [1.807, 2.05) is 6.92 Å². The summed E-state index contributed by atoms with van der Waals surface area (Å²) < 4.78 is 12.0. The van der Waals surface area contributed by atoms with E-state index in [0.717, 1.165) is 26.1 Å². The normalized spacial score (nSPS) is 21.1. The molecule has 36 heavy (non-hydrogen) atoms. The topological polar surface area (TPSA) is 82.6 Å². The van der Waals surface area contributed by atoms with Gasteiger partial charge in [-0.1, -0.05) is 24.3 Å². The molecule has 3 heterocycles. The standard InChI is InChI=1S/C28H35N3O5/c1-19-14-31(16-23(33)10-12-29-11-9-21-5-3-4-6-22(21)15-29)28(34)26-8-7-24(13-27(26)35-19)36-25-17-30(18-25)20(2)32/h3-8,13,19,23,25,33H,9-12,14-18H2,1-2H3/t19-,23-/m1/s1. The van der Waals surface area contributed by atoms with E-state index in [1.165, 1.54) is 11.1 Å². The Morgan fingerprint density at radius 2 is 1.94 bits per heavy atom. The maximum absolute atomic E-state index is 13.3. The van der Waals surface area contributed by atoms with Crippen molar-refractivity contribution in [2.24, 2.45) is 0 Å². The number of hydrogen-bond acceptors (Lipinski definition) is 6. The molecule has 8 heteroatoms. The molecule has 0 radical (unpaired) electrons. The SMILES string of the molecule is CC(=O)N1CC(Oc2ccc3c(c2)O[C@H](C)CN(C[C@H](O)CCN2CCc4ccccc4C2)C3=O)C1. The van der Waals surface area contributed by atoms with Gasteiger partial charge in [0.15, 0.2) is 0 Å². The Morgan fingerprint density at radius 1 is 1.17 bits per heavy atom. The molecule has 3 aliphatic heterocycles. The van der Waals surface area contributed by atoms with Crippen LogP contribution in [0.2, 0.25) is 0 Å². The monoisotopic (exact) mass is 493 g/mol. The predicted molar refractivity (Wildman–Crippen MR) is 135 cm³/mol. The number of likely N-dealkylation sites (tertiary alicyclic amines) is 1. The average Bonchev–Trinajstić information content (AvgIpc) is 2.94. The van der Waals surface area contributed by atoms with E-state index in [2.05, 4.69) is 29.2 Å². The highest BCUT2D eigenvalue weighted by molar-refractivity contribution is 5.97. The number of carbonyl (C=O) groups is 2. The minimum absolute atomic E-state index is 0.0445. The molecule has 2 atom stereocenters. The van der Waals surface area contributed by atoms with Crippen LogP contribution in [0.15, 0.2) is 42.5 Å². The van der Waals surface area contributed by atoms with Gasteiger partial charge in [-0.2, -0.15) is 0 Å². The fourth-order valence-corrected chi connectivity index (χ4v) is 5.21. The zero-order valence-electron chi connectivity index (χ0n) is 21.1. The number of aliphatic hydroxyl groups is 1. The van der Waals surface area contributed by atoms with Gasteiger partial charge in [0.1, 0.15) is 23.7 Å². The van der Waals surface area contributed by atoms with Gasteiger partial charge in [-0.25, -0.2) is 0 Å². The van der Waals surface area contributed by atoms with Crippen molar-refractivity contribution in [1.82, 2.24) is 14.7 Å². The molecule has 5 rings (SSSR count). The van der Waals surface area contributed by atoms with Crippen molar-refractivity contribution < 1.29 is 24.2 Å². The molecule has 1 N–H and O–H groups in total. The van der Waals surface area contributed by atoms with Crippen LogP contribution in [-0.2, 0) is 17.8 Å². The second kappa shape index (κ2) is 10.5. The number of amides is 2. The largest absolute Gasteiger partial charge is 0.488 e. The van der Waals surface area contributed by atoms with Crippen molar-refractivity contribution in [3.8, 4) is 11.5 Å². The molecule has 1 fully saturated rings. The summed E-state index contributed by atoms with van der Waals surface area (Å²) in [6.45, 7) is 7.99. The first-order chi connectivity index (χ1) is 17.4. The number of ether oxygens (including phenoxy) is 2. The molecule has 2 aromatic rings. The lowest BCUT2D eigenvalue weighted by molar-refractivity contribution is -0.137. The van der Waals surface area contributed by atoms with Crippen LogP contribution >= 0.6 is 0 Å². The molecule has 192 valence electrons. The molecular weight excluding hydrogens is 458 g/mol. The number of β-amino-alcohol motifs (C(OH)–C–C–N with tert-alkyl or cyclic N) is 1. The molecule has 3 aliphatic rings. The number of fused-ring (bicyclic) bond motifs is 2. The summed E-state index contributed by atoms with van der Waals surface area (Å²) in [5.41, 5.74) is 3.25. The Hall–Kier alpha value is -3.10. The van der Waals surface area contributed by atoms with Crippen LogP contribution in [0, 0.1) is 0 Å². The third-order valence-electron chi connectivity index (χ3n) is 7.29. The lowest BCUT2D eigenvalue weighted by atomic mass is 9.99. The molecule has 2 amide bonds. The minimum Gasteiger partial charge on any atom is -0.488 e. The van der Waals surface area contributed by atoms with E-state index in [-0.39, 0.29) is 30.6 Å². The Kier molecular flexibility index (Phi) is 7.16. The minimum atomic E-state index is -0.606. The second-order valence-electron chi connectivity index (χ2n) is 10.2. The molecular formula is C28H35N3O5. The fraction of sp³-hybridized carbons (Fsp3) is 0.500. The summed E-state index contributed by atoms with van der Waals surface area (Å²) >= 11 is 0. The van der Waals surface area contributed by atoms with Gasteiger partial charge >= 0.3 is 0 Å². The Bertz CT molecular complexity index is 1120. The van der Waals surface area contributed by atoms with Crippen molar-refractivity contribution in [2.75, 3.05) is 39.3 Å². The van der Waals surface area contributed by atoms with E-state index >= 15 is 0 Å². The first-order valence-corrected chi connectivity index (χ1v) is 12.8. The van der Waals surface area contributed by atoms with E-state index in [9.17, 15) is 14.7 Å². The summed E-state index contributed by atoms with van der Waals surface area (Å²) in [7, 11) is 0. The van der Waals surface area contributed by atoms with Crippen LogP contribution in [0.3, 0.4) is 0 Å². The van der Waals surface area contributed by atoms with Gasteiger partial charge in [0.05, 0.1) is 31.3 Å². The van der Waals surface area contributed by atoms with E-state index in [4.69, 9.17) is 9.47 Å². The molecule has 0 aromatic heterocycles. The first kappa shape index (κ1) is 24.6. The van der Waals surface area contributed by atoms with Crippen LogP contribution in [0.4, 0.5) is 0 Å². The Balaban J connectivity index is 1.16. The molecule has 2 aromatic carbocycles. The van der Waals surface area contributed by atoms with Gasteiger partial charge in [-0.05, 0) is 43.0 Å². The second-order valence-corrected chi connectivity index (χ2v) is 10.2. The smallest absolute Gasteiger partial charge is 0.257 e. The zero-order chi connectivity index (χ0) is 25.2. The molecule has 1 saturated heterocycles. The number of hydrogen-bond donors (Lipinski definition) is 1. The van der Waals surface area contributed by atoms with Crippen LogP contribution in [-0.4, -0.2) is 89.2 Å². The van der Waals surface area contributed by atoms with E-state index in [0.29, 0.717) is 43.1 Å². The third-order valence-corrected chi connectivity index (χ3v) is 7.29. The predicted octanol–water partition coefficient (Wildman–Crippen LogP) is 2.33. The summed E-state index contributed by atoms with van der Waals surface area (Å²) in [5, 5.41) is 10.8. The Morgan fingerprint density at radius 3 is 2.72 bits per heavy atom. The summed E-state index contributed by atoms with van der Waals surface area (Å²) in [5.74, 6) is 1.02. The highest BCUT2D eigenvalue weighted by Gasteiger charge is 2.32. The number of rotatable bonds is 7. The molecule has 0 saturated carbocycles. The number of nitrogens with zero attached hydrogens (tertiary/aromatic N) is 3. The molecule has 8 nitrogen and oxygen atoms in total. The van der Waals surface area contributed by atoms with Gasteiger partial charge in [0.25, 0.3) is 5.91 Å². The van der Waals surface area contributed by atoms with Gasteiger partial charge in [-0.3, -0.25) is 14.5 Å². The van der Waals surface area contributed by atoms with Crippen molar-refractivity contribution in [1.29, 1.82) is 0 Å². The lowest BCUT2D eigenvalue weighted by Gasteiger charge is -2.38. The quantitative estimate of drug-likeness (QED) is 0.638.